The molecule has 0 aliphatic heterocycles. The largest absolute Gasteiger partial charge is 0.367 e. The molecule has 1 aromatic carbocycles. The van der Waals surface area contributed by atoms with Gasteiger partial charge in [-0.05, 0) is 24.1 Å². The highest BCUT2D eigenvalue weighted by molar-refractivity contribution is 7.92. The van der Waals surface area contributed by atoms with Gasteiger partial charge in [-0.3, -0.25) is 4.79 Å². The second kappa shape index (κ2) is 5.29. The van der Waals surface area contributed by atoms with Crippen molar-refractivity contribution in [3.8, 4) is 0 Å². The van der Waals surface area contributed by atoms with Crippen LogP contribution in [0.5, 0.6) is 0 Å². The van der Waals surface area contributed by atoms with E-state index in [1.807, 2.05) is 6.92 Å². The minimum Gasteiger partial charge on any atom is -0.367 e. The van der Waals surface area contributed by atoms with E-state index in [4.69, 9.17) is 11.5 Å². The first-order valence-corrected chi connectivity index (χ1v) is 6.82. The zero-order chi connectivity index (χ0) is 13.1. The molecule has 17 heavy (non-hydrogen) atoms. The molecule has 0 bridgehead atoms. The Labute approximate surface area is 101 Å². The van der Waals surface area contributed by atoms with E-state index in [9.17, 15) is 13.2 Å². The van der Waals surface area contributed by atoms with Gasteiger partial charge in [0.25, 0.3) is 0 Å². The summed E-state index contributed by atoms with van der Waals surface area (Å²) >= 11 is 0. The summed E-state index contributed by atoms with van der Waals surface area (Å²) in [6.45, 7) is 2.04. The van der Waals surface area contributed by atoms with Crippen LogP contribution in [0.2, 0.25) is 0 Å². The SMILES string of the molecule is CCCc1ccc(S(=O)(=O)C(N)C(N)=O)cc1. The maximum absolute atomic E-state index is 11.8. The first-order chi connectivity index (χ1) is 7.89. The Balaban J connectivity index is 3.04. The summed E-state index contributed by atoms with van der Waals surface area (Å²) in [7, 11) is -3.87. The number of hydrogen-bond donors (Lipinski definition) is 2. The molecule has 0 radical (unpaired) electrons. The molecule has 1 amide bonds. The summed E-state index contributed by atoms with van der Waals surface area (Å²) in [6, 6.07) is 6.32. The lowest BCUT2D eigenvalue weighted by Gasteiger charge is -2.09. The van der Waals surface area contributed by atoms with Gasteiger partial charge in [0, 0.05) is 0 Å². The Bertz CT molecular complexity index is 494. The molecular weight excluding hydrogens is 240 g/mol. The van der Waals surface area contributed by atoms with Crippen molar-refractivity contribution in [1.29, 1.82) is 0 Å². The van der Waals surface area contributed by atoms with Crippen molar-refractivity contribution in [1.82, 2.24) is 0 Å². The van der Waals surface area contributed by atoms with E-state index < -0.39 is 21.1 Å². The molecule has 0 heterocycles. The second-order valence-electron chi connectivity index (χ2n) is 3.76. The molecule has 0 spiro atoms. The summed E-state index contributed by atoms with van der Waals surface area (Å²) in [5.74, 6) is -1.05. The molecule has 4 N–H and O–H groups in total. The van der Waals surface area contributed by atoms with Gasteiger partial charge in [0.1, 0.15) is 0 Å². The highest BCUT2D eigenvalue weighted by atomic mass is 32.2. The monoisotopic (exact) mass is 256 g/mol. The molecule has 0 saturated carbocycles. The van der Waals surface area contributed by atoms with E-state index in [0.29, 0.717) is 0 Å². The molecule has 5 nitrogen and oxygen atoms in total. The molecular formula is C11H16N2O3S. The topological polar surface area (TPSA) is 103 Å². The summed E-state index contributed by atoms with van der Waals surface area (Å²) in [5.41, 5.74) is 11.2. The zero-order valence-electron chi connectivity index (χ0n) is 9.59. The van der Waals surface area contributed by atoms with Crippen LogP contribution in [0.3, 0.4) is 0 Å². The number of aryl methyl sites for hydroxylation is 1. The third-order valence-corrected chi connectivity index (χ3v) is 4.24. The molecule has 6 heteroatoms. The fourth-order valence-corrected chi connectivity index (χ4v) is 2.55. The predicted molar refractivity (Wildman–Crippen MR) is 64.8 cm³/mol. The quantitative estimate of drug-likeness (QED) is 0.784. The van der Waals surface area contributed by atoms with Crippen molar-refractivity contribution in [2.45, 2.75) is 30.0 Å². The van der Waals surface area contributed by atoms with Crippen LogP contribution in [-0.2, 0) is 21.1 Å². The molecule has 0 aromatic heterocycles. The van der Waals surface area contributed by atoms with E-state index in [2.05, 4.69) is 0 Å². The van der Waals surface area contributed by atoms with Gasteiger partial charge in [-0.2, -0.15) is 0 Å². The first-order valence-electron chi connectivity index (χ1n) is 5.27. The van der Waals surface area contributed by atoms with Crippen molar-refractivity contribution in [2.75, 3.05) is 0 Å². The molecule has 1 rings (SSSR count). The van der Waals surface area contributed by atoms with Crippen molar-refractivity contribution >= 4 is 15.7 Å². The Kier molecular flexibility index (Phi) is 4.25. The minimum atomic E-state index is -3.87. The molecule has 0 aliphatic rings. The lowest BCUT2D eigenvalue weighted by molar-refractivity contribution is -0.117. The Hall–Kier alpha value is -1.40. The Morgan fingerprint density at radius 3 is 2.24 bits per heavy atom. The molecule has 94 valence electrons. The number of sulfone groups is 1. The summed E-state index contributed by atoms with van der Waals surface area (Å²) in [6.07, 6.45) is 1.86. The first kappa shape index (κ1) is 13.7. The lowest BCUT2D eigenvalue weighted by Crippen LogP contribution is -2.43. The maximum Gasteiger partial charge on any atom is 0.250 e. The Morgan fingerprint density at radius 2 is 1.82 bits per heavy atom. The van der Waals surface area contributed by atoms with Crippen LogP contribution in [0.15, 0.2) is 29.2 Å². The number of carbonyl (C=O) groups is 1. The molecule has 0 aliphatic carbocycles. The predicted octanol–water partition coefficient (Wildman–Crippen LogP) is 0.183. The van der Waals surface area contributed by atoms with Crippen LogP contribution in [0.4, 0.5) is 0 Å². The van der Waals surface area contributed by atoms with E-state index in [1.54, 1.807) is 12.1 Å². The fourth-order valence-electron chi connectivity index (χ4n) is 1.43. The summed E-state index contributed by atoms with van der Waals surface area (Å²) in [4.78, 5) is 10.8. The van der Waals surface area contributed by atoms with Gasteiger partial charge in [0.05, 0.1) is 4.90 Å². The van der Waals surface area contributed by atoms with Gasteiger partial charge in [-0.15, -0.1) is 0 Å². The second-order valence-corrected chi connectivity index (χ2v) is 5.83. The minimum absolute atomic E-state index is 0.0173. The van der Waals surface area contributed by atoms with Crippen LogP contribution in [-0.4, -0.2) is 19.7 Å². The van der Waals surface area contributed by atoms with E-state index >= 15 is 0 Å². The normalized spacial score (nSPS) is 13.3. The number of primary amides is 1. The van der Waals surface area contributed by atoms with Crippen molar-refractivity contribution in [3.05, 3.63) is 29.8 Å². The summed E-state index contributed by atoms with van der Waals surface area (Å²) < 4.78 is 23.6. The van der Waals surface area contributed by atoms with Gasteiger partial charge < -0.3 is 11.5 Å². The van der Waals surface area contributed by atoms with Crippen LogP contribution >= 0.6 is 0 Å². The average molecular weight is 256 g/mol. The van der Waals surface area contributed by atoms with Crippen LogP contribution < -0.4 is 11.5 Å². The van der Waals surface area contributed by atoms with Gasteiger partial charge in [-0.1, -0.05) is 25.5 Å². The van der Waals surface area contributed by atoms with Crippen LogP contribution in [0, 0.1) is 0 Å². The number of hydrogen-bond acceptors (Lipinski definition) is 4. The molecule has 1 aromatic rings. The number of rotatable bonds is 5. The van der Waals surface area contributed by atoms with E-state index in [-0.39, 0.29) is 4.90 Å². The molecule has 1 unspecified atom stereocenters. The smallest absolute Gasteiger partial charge is 0.250 e. The highest BCUT2D eigenvalue weighted by Gasteiger charge is 2.28. The molecule has 0 fully saturated rings. The summed E-state index contributed by atoms with van der Waals surface area (Å²) in [5, 5.41) is -1.69. The maximum atomic E-state index is 11.8. The third-order valence-electron chi connectivity index (χ3n) is 2.41. The van der Waals surface area contributed by atoms with Gasteiger partial charge in [0.15, 0.2) is 5.37 Å². The van der Waals surface area contributed by atoms with Crippen molar-refractivity contribution < 1.29 is 13.2 Å². The third kappa shape index (κ3) is 3.04. The van der Waals surface area contributed by atoms with E-state index in [0.717, 1.165) is 18.4 Å². The van der Waals surface area contributed by atoms with Crippen molar-refractivity contribution in [2.24, 2.45) is 11.5 Å². The lowest BCUT2D eigenvalue weighted by atomic mass is 10.1. The van der Waals surface area contributed by atoms with E-state index in [1.165, 1.54) is 12.1 Å². The molecule has 1 atom stereocenters. The number of amides is 1. The van der Waals surface area contributed by atoms with Crippen LogP contribution in [0.25, 0.3) is 0 Å². The van der Waals surface area contributed by atoms with Gasteiger partial charge in [-0.25, -0.2) is 8.42 Å². The van der Waals surface area contributed by atoms with Gasteiger partial charge >= 0.3 is 0 Å². The Morgan fingerprint density at radius 1 is 1.29 bits per heavy atom. The van der Waals surface area contributed by atoms with Gasteiger partial charge in [0.2, 0.25) is 15.7 Å². The highest BCUT2D eigenvalue weighted by Crippen LogP contribution is 2.15. The van der Waals surface area contributed by atoms with Crippen molar-refractivity contribution in [3.63, 3.8) is 0 Å². The zero-order valence-corrected chi connectivity index (χ0v) is 10.4. The standard InChI is InChI=1S/C11H16N2O3S/c1-2-3-8-4-6-9(7-5-8)17(15,16)11(13)10(12)14/h4-7,11H,2-3,13H2,1H3,(H2,12,14). The number of carbonyl (C=O) groups excluding carboxylic acids is 1. The average Bonchev–Trinajstić information content (AvgIpc) is 2.29. The molecule has 0 saturated heterocycles. The number of nitrogens with two attached hydrogens (primary N) is 2. The van der Waals surface area contributed by atoms with Crippen LogP contribution in [0.1, 0.15) is 18.9 Å². The number of benzene rings is 1. The fraction of sp³-hybridized carbons (Fsp3) is 0.364.